The van der Waals surface area contributed by atoms with Gasteiger partial charge in [-0.25, -0.2) is 0 Å². The van der Waals surface area contributed by atoms with Crippen molar-refractivity contribution in [2.75, 3.05) is 26.9 Å². The Morgan fingerprint density at radius 2 is 1.88 bits per heavy atom. The van der Waals surface area contributed by atoms with E-state index in [2.05, 4.69) is 5.32 Å². The third-order valence-corrected chi connectivity index (χ3v) is 4.39. The van der Waals surface area contributed by atoms with Crippen molar-refractivity contribution in [2.45, 2.75) is 26.5 Å². The molecule has 0 fully saturated rings. The Bertz CT molecular complexity index is 695. The smallest absolute Gasteiger partial charge is 0.161 e. The zero-order chi connectivity index (χ0) is 18.8. The molecule has 0 aromatic heterocycles. The lowest BCUT2D eigenvalue weighted by molar-refractivity contribution is 0.144. The molecule has 2 rings (SSSR count). The molecule has 0 aliphatic rings. The maximum Gasteiger partial charge on any atom is 0.161 e. The molecule has 0 aliphatic heterocycles. The first-order valence-corrected chi connectivity index (χ1v) is 9.41. The molecular formula is C20H25Cl2NO3. The first-order chi connectivity index (χ1) is 12.6. The van der Waals surface area contributed by atoms with Crippen LogP contribution in [0.4, 0.5) is 0 Å². The van der Waals surface area contributed by atoms with E-state index in [1.807, 2.05) is 31.2 Å². The second-order valence-electron chi connectivity index (χ2n) is 5.74. The Morgan fingerprint density at radius 3 is 2.62 bits per heavy atom. The van der Waals surface area contributed by atoms with E-state index >= 15 is 0 Å². The molecule has 4 nitrogen and oxygen atoms in total. The average Bonchev–Trinajstić information content (AvgIpc) is 2.64. The molecule has 0 unspecified atom stereocenters. The van der Waals surface area contributed by atoms with Crippen molar-refractivity contribution in [3.05, 3.63) is 57.6 Å². The topological polar surface area (TPSA) is 39.7 Å². The molecule has 2 aromatic rings. The summed E-state index contributed by atoms with van der Waals surface area (Å²) in [6.45, 7) is 5.58. The Labute approximate surface area is 165 Å². The zero-order valence-electron chi connectivity index (χ0n) is 15.2. The number of benzene rings is 2. The lowest BCUT2D eigenvalue weighted by Gasteiger charge is -2.13. The van der Waals surface area contributed by atoms with E-state index < -0.39 is 0 Å². The molecule has 0 radical (unpaired) electrons. The fourth-order valence-corrected chi connectivity index (χ4v) is 2.87. The molecule has 1 N–H and O–H groups in total. The van der Waals surface area contributed by atoms with Crippen molar-refractivity contribution in [3.63, 3.8) is 0 Å². The summed E-state index contributed by atoms with van der Waals surface area (Å²) in [5.41, 5.74) is 2.01. The quantitative estimate of drug-likeness (QED) is 0.535. The van der Waals surface area contributed by atoms with E-state index in [9.17, 15) is 0 Å². The van der Waals surface area contributed by atoms with Gasteiger partial charge in [0, 0.05) is 35.4 Å². The number of halogens is 2. The standard InChI is InChI=1S/C20H25Cl2NO3/c1-3-25-10-4-9-23-13-15-5-8-19(20(11-15)24-2)26-14-16-6-7-17(21)12-18(16)22/h5-8,11-12,23H,3-4,9-10,13-14H2,1-2H3. The van der Waals surface area contributed by atoms with Gasteiger partial charge in [0.05, 0.1) is 7.11 Å². The fraction of sp³-hybridized carbons (Fsp3) is 0.400. The highest BCUT2D eigenvalue weighted by Crippen LogP contribution is 2.30. The van der Waals surface area contributed by atoms with Crippen LogP contribution >= 0.6 is 23.2 Å². The van der Waals surface area contributed by atoms with E-state index in [4.69, 9.17) is 37.4 Å². The van der Waals surface area contributed by atoms with Gasteiger partial charge in [-0.15, -0.1) is 0 Å². The van der Waals surface area contributed by atoms with Gasteiger partial charge < -0.3 is 19.5 Å². The summed E-state index contributed by atoms with van der Waals surface area (Å²) < 4.78 is 16.6. The Hall–Kier alpha value is -1.46. The Kier molecular flexibility index (Phi) is 9.06. The molecule has 0 aliphatic carbocycles. The molecule has 0 bridgehead atoms. The number of nitrogens with one attached hydrogen (secondary N) is 1. The summed E-state index contributed by atoms with van der Waals surface area (Å²) >= 11 is 12.1. The fourth-order valence-electron chi connectivity index (χ4n) is 2.41. The van der Waals surface area contributed by atoms with E-state index in [0.29, 0.717) is 28.2 Å². The van der Waals surface area contributed by atoms with Gasteiger partial charge >= 0.3 is 0 Å². The number of hydrogen-bond donors (Lipinski definition) is 1. The molecule has 0 spiro atoms. The van der Waals surface area contributed by atoms with Crippen molar-refractivity contribution in [3.8, 4) is 11.5 Å². The third-order valence-electron chi connectivity index (χ3n) is 3.80. The van der Waals surface area contributed by atoms with E-state index in [0.717, 1.165) is 43.9 Å². The molecule has 6 heteroatoms. The van der Waals surface area contributed by atoms with Crippen LogP contribution in [-0.4, -0.2) is 26.9 Å². The van der Waals surface area contributed by atoms with E-state index in [-0.39, 0.29) is 0 Å². The summed E-state index contributed by atoms with van der Waals surface area (Å²) in [5.74, 6) is 1.38. The number of methoxy groups -OCH3 is 1. The first-order valence-electron chi connectivity index (χ1n) is 8.66. The van der Waals surface area contributed by atoms with Crippen LogP contribution < -0.4 is 14.8 Å². The largest absolute Gasteiger partial charge is 0.493 e. The summed E-state index contributed by atoms with van der Waals surface area (Å²) in [6.07, 6.45) is 0.994. The minimum absolute atomic E-state index is 0.349. The number of hydrogen-bond acceptors (Lipinski definition) is 4. The highest BCUT2D eigenvalue weighted by atomic mass is 35.5. The molecule has 142 valence electrons. The molecule has 0 saturated carbocycles. The van der Waals surface area contributed by atoms with Gasteiger partial charge in [-0.3, -0.25) is 0 Å². The lowest BCUT2D eigenvalue weighted by atomic mass is 10.2. The van der Waals surface area contributed by atoms with Gasteiger partial charge in [0.2, 0.25) is 0 Å². The van der Waals surface area contributed by atoms with Crippen LogP contribution in [0.5, 0.6) is 11.5 Å². The van der Waals surface area contributed by atoms with Crippen molar-refractivity contribution < 1.29 is 14.2 Å². The van der Waals surface area contributed by atoms with E-state index in [1.165, 1.54) is 0 Å². The van der Waals surface area contributed by atoms with Crippen LogP contribution in [0.15, 0.2) is 36.4 Å². The van der Waals surface area contributed by atoms with Gasteiger partial charge in [0.25, 0.3) is 0 Å². The van der Waals surface area contributed by atoms with Gasteiger partial charge in [0.1, 0.15) is 6.61 Å². The van der Waals surface area contributed by atoms with Crippen molar-refractivity contribution in [1.82, 2.24) is 5.32 Å². The molecule has 0 saturated heterocycles. The van der Waals surface area contributed by atoms with Crippen molar-refractivity contribution in [1.29, 1.82) is 0 Å². The second-order valence-corrected chi connectivity index (χ2v) is 6.58. The molecule has 0 amide bonds. The maximum atomic E-state index is 6.18. The van der Waals surface area contributed by atoms with Crippen LogP contribution in [0.25, 0.3) is 0 Å². The normalized spacial score (nSPS) is 10.8. The van der Waals surface area contributed by atoms with Crippen LogP contribution in [0.2, 0.25) is 10.0 Å². The molecule has 26 heavy (non-hydrogen) atoms. The zero-order valence-corrected chi connectivity index (χ0v) is 16.7. The average molecular weight is 398 g/mol. The van der Waals surface area contributed by atoms with Crippen LogP contribution in [0.1, 0.15) is 24.5 Å². The summed E-state index contributed by atoms with van der Waals surface area (Å²) in [5, 5.41) is 4.59. The van der Waals surface area contributed by atoms with Gasteiger partial charge in [0.15, 0.2) is 11.5 Å². The molecule has 0 heterocycles. The minimum atomic E-state index is 0.349. The monoisotopic (exact) mass is 397 g/mol. The SMILES string of the molecule is CCOCCCNCc1ccc(OCc2ccc(Cl)cc2Cl)c(OC)c1. The minimum Gasteiger partial charge on any atom is -0.493 e. The van der Waals surface area contributed by atoms with E-state index in [1.54, 1.807) is 19.2 Å². The summed E-state index contributed by atoms with van der Waals surface area (Å²) in [4.78, 5) is 0. The highest BCUT2D eigenvalue weighted by molar-refractivity contribution is 6.35. The second kappa shape index (κ2) is 11.3. The Balaban J connectivity index is 1.89. The molecule has 2 aromatic carbocycles. The van der Waals surface area contributed by atoms with Crippen molar-refractivity contribution >= 4 is 23.2 Å². The Morgan fingerprint density at radius 1 is 1.04 bits per heavy atom. The first kappa shape index (κ1) is 20.8. The third kappa shape index (κ3) is 6.69. The van der Waals surface area contributed by atoms with Gasteiger partial charge in [-0.05, 0) is 49.7 Å². The summed E-state index contributed by atoms with van der Waals surface area (Å²) in [6, 6.07) is 11.3. The number of ether oxygens (including phenoxy) is 3. The van der Waals surface area contributed by atoms with Crippen molar-refractivity contribution in [2.24, 2.45) is 0 Å². The van der Waals surface area contributed by atoms with Crippen LogP contribution in [0.3, 0.4) is 0 Å². The lowest BCUT2D eigenvalue weighted by Crippen LogP contribution is -2.16. The molecular weight excluding hydrogens is 373 g/mol. The van der Waals surface area contributed by atoms with Crippen LogP contribution in [0, 0.1) is 0 Å². The summed E-state index contributed by atoms with van der Waals surface area (Å²) in [7, 11) is 1.64. The predicted octanol–water partition coefficient (Wildman–Crippen LogP) is 5.10. The highest BCUT2D eigenvalue weighted by Gasteiger charge is 2.08. The maximum absolute atomic E-state index is 6.18. The predicted molar refractivity (Wildman–Crippen MR) is 107 cm³/mol. The molecule has 0 atom stereocenters. The number of rotatable bonds is 11. The van der Waals surface area contributed by atoms with Crippen LogP contribution in [-0.2, 0) is 17.9 Å². The van der Waals surface area contributed by atoms with Gasteiger partial charge in [-0.1, -0.05) is 35.3 Å². The van der Waals surface area contributed by atoms with Gasteiger partial charge in [-0.2, -0.15) is 0 Å².